The SMILES string of the molecule is c1ccc(-c2cc(-c3ccccc3)nc(-c3cc(-c4cccc(-c5cccc(-c6ccccn6)c5)c4)cc(-c4cccc(-c5cccc(-c6ccccn6)c5)c4)c3)n2)cc1. The first kappa shape index (κ1) is 36.3. The predicted molar refractivity (Wildman–Crippen MR) is 247 cm³/mol. The molecule has 0 spiro atoms. The molecule has 0 unspecified atom stereocenters. The van der Waals surface area contributed by atoms with E-state index in [0.29, 0.717) is 5.82 Å². The number of aromatic nitrogens is 4. The van der Waals surface area contributed by atoms with E-state index in [-0.39, 0.29) is 0 Å². The summed E-state index contributed by atoms with van der Waals surface area (Å²) in [6.07, 6.45) is 3.68. The highest BCUT2D eigenvalue weighted by atomic mass is 14.9. The highest BCUT2D eigenvalue weighted by molar-refractivity contribution is 5.85. The maximum atomic E-state index is 5.25. The van der Waals surface area contributed by atoms with Crippen LogP contribution in [0, 0.1) is 0 Å². The number of rotatable bonds is 9. The molecule has 0 saturated heterocycles. The summed E-state index contributed by atoms with van der Waals surface area (Å²) in [6.45, 7) is 0. The fraction of sp³-hybridized carbons (Fsp3) is 0. The van der Waals surface area contributed by atoms with E-state index in [2.05, 4.69) is 180 Å². The van der Waals surface area contributed by atoms with Gasteiger partial charge in [0.1, 0.15) is 0 Å². The van der Waals surface area contributed by atoms with Gasteiger partial charge in [0.2, 0.25) is 0 Å². The van der Waals surface area contributed by atoms with Crippen LogP contribution < -0.4 is 0 Å². The predicted octanol–water partition coefficient (Wildman–Crippen LogP) is 14.3. The Bertz CT molecular complexity index is 2870. The van der Waals surface area contributed by atoms with E-state index in [1.165, 1.54) is 0 Å². The van der Waals surface area contributed by atoms with Gasteiger partial charge in [-0.15, -0.1) is 0 Å². The molecule has 0 aliphatic heterocycles. The third-order valence-electron chi connectivity index (χ3n) is 10.8. The van der Waals surface area contributed by atoms with Gasteiger partial charge >= 0.3 is 0 Å². The van der Waals surface area contributed by atoms with Gasteiger partial charge in [-0.05, 0) is 117 Å². The maximum Gasteiger partial charge on any atom is 0.160 e. The number of pyridine rings is 2. The molecule has 0 aliphatic rings. The molecule has 282 valence electrons. The first-order valence-electron chi connectivity index (χ1n) is 20.1. The molecule has 3 heterocycles. The van der Waals surface area contributed by atoms with Gasteiger partial charge in [-0.2, -0.15) is 0 Å². The second kappa shape index (κ2) is 16.4. The van der Waals surface area contributed by atoms with Crippen molar-refractivity contribution in [3.05, 3.63) is 231 Å². The molecule has 0 N–H and O–H groups in total. The molecule has 4 nitrogen and oxygen atoms in total. The van der Waals surface area contributed by atoms with Crippen molar-refractivity contribution in [2.24, 2.45) is 0 Å². The standard InChI is InChI=1S/C56H38N4/c1-3-15-39(16-4-1)54-38-55(40-17-5-2-6-18-40)60-56(59-54)51-36-49(45-23-11-19-41(31-45)43-21-13-25-47(33-43)52-27-7-9-29-57-52)35-50(37-51)46-24-12-20-42(32-46)44-22-14-26-48(34-44)53-28-8-10-30-58-53/h1-38H. The minimum absolute atomic E-state index is 0.664. The largest absolute Gasteiger partial charge is 0.256 e. The van der Waals surface area contributed by atoms with Crippen LogP contribution in [0.1, 0.15) is 0 Å². The van der Waals surface area contributed by atoms with Crippen molar-refractivity contribution < 1.29 is 0 Å². The van der Waals surface area contributed by atoms with E-state index < -0.39 is 0 Å². The monoisotopic (exact) mass is 766 g/mol. The summed E-state index contributed by atoms with van der Waals surface area (Å²) in [6, 6.07) is 76.3. The van der Waals surface area contributed by atoms with Crippen molar-refractivity contribution in [2.75, 3.05) is 0 Å². The normalized spacial score (nSPS) is 11.0. The molecule has 60 heavy (non-hydrogen) atoms. The molecule has 10 aromatic rings. The van der Waals surface area contributed by atoms with E-state index in [1.807, 2.05) is 60.9 Å². The summed E-state index contributed by atoms with van der Waals surface area (Å²) < 4.78 is 0. The molecule has 7 aromatic carbocycles. The lowest BCUT2D eigenvalue weighted by Crippen LogP contribution is -1.97. The van der Waals surface area contributed by atoms with Crippen LogP contribution in [-0.4, -0.2) is 19.9 Å². The van der Waals surface area contributed by atoms with Crippen molar-refractivity contribution in [1.82, 2.24) is 19.9 Å². The van der Waals surface area contributed by atoms with Gasteiger partial charge in [-0.25, -0.2) is 9.97 Å². The van der Waals surface area contributed by atoms with Crippen LogP contribution in [0.2, 0.25) is 0 Å². The Hall–Kier alpha value is -8.08. The highest BCUT2D eigenvalue weighted by Gasteiger charge is 2.15. The zero-order valence-corrected chi connectivity index (χ0v) is 32.7. The molecular weight excluding hydrogens is 729 g/mol. The molecule has 0 saturated carbocycles. The van der Waals surface area contributed by atoms with E-state index >= 15 is 0 Å². The fourth-order valence-corrected chi connectivity index (χ4v) is 7.72. The lowest BCUT2D eigenvalue weighted by Gasteiger charge is -2.14. The zero-order valence-electron chi connectivity index (χ0n) is 32.7. The van der Waals surface area contributed by atoms with Gasteiger partial charge in [0.05, 0.1) is 22.8 Å². The minimum atomic E-state index is 0.664. The van der Waals surface area contributed by atoms with Gasteiger partial charge in [-0.1, -0.05) is 146 Å². The van der Waals surface area contributed by atoms with Crippen molar-refractivity contribution in [3.8, 4) is 101 Å². The molecule has 0 radical (unpaired) electrons. The van der Waals surface area contributed by atoms with Gasteiger partial charge in [-0.3, -0.25) is 9.97 Å². The Morgan fingerprint density at radius 2 is 0.517 bits per heavy atom. The van der Waals surface area contributed by atoms with Crippen molar-refractivity contribution in [3.63, 3.8) is 0 Å². The lowest BCUT2D eigenvalue weighted by molar-refractivity contribution is 1.18. The van der Waals surface area contributed by atoms with E-state index in [0.717, 1.165) is 95.1 Å². The second-order valence-electron chi connectivity index (χ2n) is 14.7. The zero-order chi connectivity index (χ0) is 40.1. The van der Waals surface area contributed by atoms with Crippen LogP contribution in [0.4, 0.5) is 0 Å². The summed E-state index contributed by atoms with van der Waals surface area (Å²) >= 11 is 0. The van der Waals surface area contributed by atoms with Crippen LogP contribution in [0.3, 0.4) is 0 Å². The summed E-state index contributed by atoms with van der Waals surface area (Å²) in [7, 11) is 0. The molecule has 3 aromatic heterocycles. The lowest BCUT2D eigenvalue weighted by atomic mass is 9.92. The second-order valence-corrected chi connectivity index (χ2v) is 14.7. The molecule has 0 aliphatic carbocycles. The first-order valence-corrected chi connectivity index (χ1v) is 20.1. The Kier molecular flexibility index (Phi) is 9.92. The van der Waals surface area contributed by atoms with Gasteiger partial charge < -0.3 is 0 Å². The molecule has 0 fully saturated rings. The van der Waals surface area contributed by atoms with E-state index in [9.17, 15) is 0 Å². The minimum Gasteiger partial charge on any atom is -0.256 e. The Balaban J connectivity index is 1.13. The van der Waals surface area contributed by atoms with Crippen molar-refractivity contribution in [2.45, 2.75) is 0 Å². The van der Waals surface area contributed by atoms with E-state index in [1.54, 1.807) is 0 Å². The smallest absolute Gasteiger partial charge is 0.160 e. The topological polar surface area (TPSA) is 51.6 Å². The molecule has 10 rings (SSSR count). The number of benzene rings is 7. The summed E-state index contributed by atoms with van der Waals surface area (Å²) in [5.74, 6) is 0.664. The molecule has 0 amide bonds. The fourth-order valence-electron chi connectivity index (χ4n) is 7.72. The van der Waals surface area contributed by atoms with Gasteiger partial charge in [0, 0.05) is 40.2 Å². The Morgan fingerprint density at radius 1 is 0.200 bits per heavy atom. The van der Waals surface area contributed by atoms with Crippen LogP contribution in [0.15, 0.2) is 231 Å². The quantitative estimate of drug-likeness (QED) is 0.147. The van der Waals surface area contributed by atoms with Crippen molar-refractivity contribution >= 4 is 0 Å². The molecule has 4 heteroatoms. The molecule has 0 bridgehead atoms. The third-order valence-corrected chi connectivity index (χ3v) is 10.8. The molecule has 0 atom stereocenters. The average molecular weight is 767 g/mol. The van der Waals surface area contributed by atoms with Crippen LogP contribution in [-0.2, 0) is 0 Å². The Morgan fingerprint density at radius 3 is 0.917 bits per heavy atom. The number of hydrogen-bond acceptors (Lipinski definition) is 4. The van der Waals surface area contributed by atoms with Crippen LogP contribution >= 0.6 is 0 Å². The van der Waals surface area contributed by atoms with Crippen molar-refractivity contribution in [1.29, 1.82) is 0 Å². The highest BCUT2D eigenvalue weighted by Crippen LogP contribution is 2.37. The summed E-state index contributed by atoms with van der Waals surface area (Å²) in [5.41, 5.74) is 17.7. The van der Waals surface area contributed by atoms with E-state index in [4.69, 9.17) is 9.97 Å². The Labute approximate surface area is 350 Å². The van der Waals surface area contributed by atoms with Gasteiger partial charge in [0.15, 0.2) is 5.82 Å². The summed E-state index contributed by atoms with van der Waals surface area (Å²) in [4.78, 5) is 19.7. The number of hydrogen-bond donors (Lipinski definition) is 0. The third kappa shape index (κ3) is 7.78. The average Bonchev–Trinajstić information content (AvgIpc) is 3.35. The first-order chi connectivity index (χ1) is 29.7. The van der Waals surface area contributed by atoms with Gasteiger partial charge in [0.25, 0.3) is 0 Å². The van der Waals surface area contributed by atoms with Crippen LogP contribution in [0.5, 0.6) is 0 Å². The summed E-state index contributed by atoms with van der Waals surface area (Å²) in [5, 5.41) is 0. The maximum absolute atomic E-state index is 5.25. The van der Waals surface area contributed by atoms with Crippen LogP contribution in [0.25, 0.3) is 101 Å². The number of nitrogens with zero attached hydrogens (tertiary/aromatic N) is 4. The molecular formula is C56H38N4.